The maximum atomic E-state index is 12.7. The monoisotopic (exact) mass is 345 g/mol. The average molecular weight is 345 g/mol. The number of anilines is 1. The maximum Gasteiger partial charge on any atom is 0.321 e. The van der Waals surface area contributed by atoms with E-state index in [1.807, 2.05) is 4.90 Å². The van der Waals surface area contributed by atoms with Crippen molar-refractivity contribution < 1.29 is 19.5 Å². The van der Waals surface area contributed by atoms with Gasteiger partial charge in [0.2, 0.25) is 0 Å². The molecular formula is C18H23N3O4. The molecule has 2 fully saturated rings. The molecule has 0 radical (unpaired) electrons. The van der Waals surface area contributed by atoms with Crippen molar-refractivity contribution >= 4 is 23.6 Å². The number of carbonyl (C=O) groups excluding carboxylic acids is 2. The van der Waals surface area contributed by atoms with E-state index < -0.39 is 11.9 Å². The highest BCUT2D eigenvalue weighted by Crippen LogP contribution is 2.22. The van der Waals surface area contributed by atoms with Crippen LogP contribution >= 0.6 is 0 Å². The standard InChI is InChI=1S/C18H23N3O4/c22-16(20-9-4-1-5-10-20)14-6-2-3-7-15(14)19-18(25)21-11-8-13(12-21)17(23)24/h2-3,6-7,13H,1,4-5,8-12H2,(H,19,25)(H,23,24). The lowest BCUT2D eigenvalue weighted by molar-refractivity contribution is -0.141. The Morgan fingerprint density at radius 1 is 1.00 bits per heavy atom. The van der Waals surface area contributed by atoms with Gasteiger partial charge in [-0.15, -0.1) is 0 Å². The summed E-state index contributed by atoms with van der Waals surface area (Å²) < 4.78 is 0. The van der Waals surface area contributed by atoms with Crippen LogP contribution < -0.4 is 5.32 Å². The smallest absolute Gasteiger partial charge is 0.321 e. The second-order valence-corrected chi connectivity index (χ2v) is 6.60. The van der Waals surface area contributed by atoms with Gasteiger partial charge < -0.3 is 20.2 Å². The van der Waals surface area contributed by atoms with Crippen LogP contribution in [0.15, 0.2) is 24.3 Å². The van der Waals surface area contributed by atoms with Crippen LogP contribution in [-0.2, 0) is 4.79 Å². The van der Waals surface area contributed by atoms with Crippen LogP contribution in [0.25, 0.3) is 0 Å². The van der Waals surface area contributed by atoms with Gasteiger partial charge >= 0.3 is 12.0 Å². The molecule has 2 N–H and O–H groups in total. The Morgan fingerprint density at radius 3 is 2.40 bits per heavy atom. The Morgan fingerprint density at radius 2 is 1.72 bits per heavy atom. The van der Waals surface area contributed by atoms with Gasteiger partial charge in [-0.3, -0.25) is 9.59 Å². The predicted octanol–water partition coefficient (Wildman–Crippen LogP) is 2.25. The van der Waals surface area contributed by atoms with Gasteiger partial charge in [-0.25, -0.2) is 4.79 Å². The Hall–Kier alpha value is -2.57. The van der Waals surface area contributed by atoms with Gasteiger partial charge in [0.1, 0.15) is 0 Å². The molecule has 1 aromatic carbocycles. The van der Waals surface area contributed by atoms with E-state index in [1.165, 1.54) is 4.90 Å². The number of nitrogens with one attached hydrogen (secondary N) is 1. The van der Waals surface area contributed by atoms with Crippen LogP contribution in [0.5, 0.6) is 0 Å². The zero-order chi connectivity index (χ0) is 17.8. The molecule has 3 rings (SSSR count). The number of carboxylic acids is 1. The first-order valence-corrected chi connectivity index (χ1v) is 8.73. The molecule has 0 saturated carbocycles. The van der Waals surface area contributed by atoms with Crippen LogP contribution in [0, 0.1) is 5.92 Å². The number of amides is 3. The van der Waals surface area contributed by atoms with Gasteiger partial charge in [0.25, 0.3) is 5.91 Å². The highest BCUT2D eigenvalue weighted by atomic mass is 16.4. The molecule has 2 aliphatic rings. The summed E-state index contributed by atoms with van der Waals surface area (Å²) in [5.74, 6) is -1.47. The molecule has 0 aromatic heterocycles. The van der Waals surface area contributed by atoms with Crippen molar-refractivity contribution in [1.82, 2.24) is 9.80 Å². The third kappa shape index (κ3) is 3.92. The number of carboxylic acid groups (broad SMARTS) is 1. The molecule has 1 aromatic rings. The molecule has 25 heavy (non-hydrogen) atoms. The van der Waals surface area contributed by atoms with Crippen LogP contribution in [0.2, 0.25) is 0 Å². The molecular weight excluding hydrogens is 322 g/mol. The van der Waals surface area contributed by atoms with Crippen molar-refractivity contribution in [2.75, 3.05) is 31.5 Å². The highest BCUT2D eigenvalue weighted by molar-refractivity contribution is 6.03. The molecule has 134 valence electrons. The molecule has 1 atom stereocenters. The first-order chi connectivity index (χ1) is 12.1. The lowest BCUT2D eigenvalue weighted by atomic mass is 10.1. The van der Waals surface area contributed by atoms with Gasteiger partial charge in [0.15, 0.2) is 0 Å². The predicted molar refractivity (Wildman–Crippen MR) is 92.5 cm³/mol. The number of nitrogens with zero attached hydrogens (tertiary/aromatic N) is 2. The maximum absolute atomic E-state index is 12.7. The minimum absolute atomic E-state index is 0.0690. The summed E-state index contributed by atoms with van der Waals surface area (Å²) in [6.45, 7) is 2.09. The Labute approximate surface area is 146 Å². The fourth-order valence-electron chi connectivity index (χ4n) is 3.39. The molecule has 7 heteroatoms. The number of rotatable bonds is 3. The van der Waals surface area contributed by atoms with E-state index in [2.05, 4.69) is 5.32 Å². The summed E-state index contributed by atoms with van der Waals surface area (Å²) in [7, 11) is 0. The molecule has 2 heterocycles. The van der Waals surface area contributed by atoms with E-state index in [4.69, 9.17) is 5.11 Å². The van der Waals surface area contributed by atoms with Gasteiger partial charge in [0, 0.05) is 26.2 Å². The zero-order valence-electron chi connectivity index (χ0n) is 14.1. The fourth-order valence-corrected chi connectivity index (χ4v) is 3.39. The van der Waals surface area contributed by atoms with Crippen LogP contribution in [0.4, 0.5) is 10.5 Å². The molecule has 0 spiro atoms. The zero-order valence-corrected chi connectivity index (χ0v) is 14.1. The summed E-state index contributed by atoms with van der Waals surface area (Å²) in [6.07, 6.45) is 3.61. The number of hydrogen-bond donors (Lipinski definition) is 2. The first-order valence-electron chi connectivity index (χ1n) is 8.73. The second-order valence-electron chi connectivity index (χ2n) is 6.60. The topological polar surface area (TPSA) is 90.0 Å². The molecule has 1 unspecified atom stereocenters. The SMILES string of the molecule is O=C(O)C1CCN(C(=O)Nc2ccccc2C(=O)N2CCCCC2)C1. The fraction of sp³-hybridized carbons (Fsp3) is 0.500. The molecule has 0 bridgehead atoms. The van der Waals surface area contributed by atoms with Crippen LogP contribution in [0.3, 0.4) is 0 Å². The third-order valence-corrected chi connectivity index (χ3v) is 4.87. The van der Waals surface area contributed by atoms with E-state index in [9.17, 15) is 14.4 Å². The molecule has 0 aliphatic carbocycles. The van der Waals surface area contributed by atoms with Gasteiger partial charge in [-0.05, 0) is 37.8 Å². The van der Waals surface area contributed by atoms with E-state index >= 15 is 0 Å². The lowest BCUT2D eigenvalue weighted by Gasteiger charge is -2.27. The van der Waals surface area contributed by atoms with E-state index in [1.54, 1.807) is 24.3 Å². The number of para-hydroxylation sites is 1. The van der Waals surface area contributed by atoms with Crippen molar-refractivity contribution in [2.45, 2.75) is 25.7 Å². The number of benzene rings is 1. The molecule has 7 nitrogen and oxygen atoms in total. The first kappa shape index (κ1) is 17.3. The van der Waals surface area contributed by atoms with Crippen molar-refractivity contribution in [2.24, 2.45) is 5.92 Å². The average Bonchev–Trinajstić information content (AvgIpc) is 3.13. The van der Waals surface area contributed by atoms with Gasteiger partial charge in [-0.1, -0.05) is 12.1 Å². The van der Waals surface area contributed by atoms with Gasteiger partial charge in [-0.2, -0.15) is 0 Å². The van der Waals surface area contributed by atoms with Gasteiger partial charge in [0.05, 0.1) is 17.2 Å². The van der Waals surface area contributed by atoms with Crippen LogP contribution in [-0.4, -0.2) is 59.0 Å². The summed E-state index contributed by atoms with van der Waals surface area (Å²) in [4.78, 5) is 39.5. The van der Waals surface area contributed by atoms with Crippen molar-refractivity contribution in [3.63, 3.8) is 0 Å². The van der Waals surface area contributed by atoms with Crippen molar-refractivity contribution in [1.29, 1.82) is 0 Å². The quantitative estimate of drug-likeness (QED) is 0.879. The second kappa shape index (κ2) is 7.55. The number of carbonyl (C=O) groups is 3. The van der Waals surface area contributed by atoms with Crippen LogP contribution in [0.1, 0.15) is 36.0 Å². The summed E-state index contributed by atoms with van der Waals surface area (Å²) in [5.41, 5.74) is 0.952. The summed E-state index contributed by atoms with van der Waals surface area (Å²) in [5, 5.41) is 11.8. The molecule has 2 aliphatic heterocycles. The number of likely N-dealkylation sites (tertiary alicyclic amines) is 2. The van der Waals surface area contributed by atoms with Crippen molar-refractivity contribution in [3.8, 4) is 0 Å². The van der Waals surface area contributed by atoms with E-state index in [-0.39, 0.29) is 18.5 Å². The number of hydrogen-bond acceptors (Lipinski definition) is 3. The largest absolute Gasteiger partial charge is 0.481 e. The summed E-state index contributed by atoms with van der Waals surface area (Å²) in [6, 6.07) is 6.62. The lowest BCUT2D eigenvalue weighted by Crippen LogP contribution is -2.37. The van der Waals surface area contributed by atoms with Crippen molar-refractivity contribution in [3.05, 3.63) is 29.8 Å². The van der Waals surface area contributed by atoms with E-state index in [0.717, 1.165) is 32.4 Å². The number of piperidine rings is 1. The molecule has 3 amide bonds. The Kier molecular flexibility index (Phi) is 5.21. The third-order valence-electron chi connectivity index (χ3n) is 4.87. The minimum Gasteiger partial charge on any atom is -0.481 e. The van der Waals surface area contributed by atoms with E-state index in [0.29, 0.717) is 24.2 Å². The normalized spacial score (nSPS) is 20.4. The highest BCUT2D eigenvalue weighted by Gasteiger charge is 2.31. The number of urea groups is 1. The molecule has 2 saturated heterocycles. The summed E-state index contributed by atoms with van der Waals surface area (Å²) >= 11 is 0. The number of aliphatic carboxylic acids is 1. The minimum atomic E-state index is -0.879. The Balaban J connectivity index is 1.69. The Bertz CT molecular complexity index is 670.